The minimum atomic E-state index is 0.774. The standard InChI is InChI=1S/C23H18N4S2/c1-2-10-19(11-3-1)27-21(15-20-12-6-14-28-20)25-26-23(27)29-16-18-8-4-7-17-9-5-13-24-22(17)18/h1-14H,15-16H2. The van der Waals surface area contributed by atoms with Gasteiger partial charge >= 0.3 is 0 Å². The molecule has 0 fully saturated rings. The summed E-state index contributed by atoms with van der Waals surface area (Å²) in [6, 6.07) is 24.9. The molecule has 0 unspecified atom stereocenters. The molecular weight excluding hydrogens is 396 g/mol. The Morgan fingerprint density at radius 1 is 0.862 bits per heavy atom. The fourth-order valence-corrected chi connectivity index (χ4v) is 5.00. The number of aromatic nitrogens is 4. The molecule has 142 valence electrons. The number of thiophene rings is 1. The molecular formula is C23H18N4S2. The van der Waals surface area contributed by atoms with Crippen LogP contribution in [0.3, 0.4) is 0 Å². The molecule has 0 saturated heterocycles. The average molecular weight is 415 g/mol. The maximum Gasteiger partial charge on any atom is 0.196 e. The van der Waals surface area contributed by atoms with E-state index in [4.69, 9.17) is 0 Å². The van der Waals surface area contributed by atoms with Crippen LogP contribution in [0, 0.1) is 0 Å². The molecule has 4 nitrogen and oxygen atoms in total. The molecule has 5 rings (SSSR count). The first-order chi connectivity index (χ1) is 14.4. The summed E-state index contributed by atoms with van der Waals surface area (Å²) in [5.41, 5.74) is 3.34. The largest absolute Gasteiger partial charge is 0.274 e. The molecule has 0 atom stereocenters. The quantitative estimate of drug-likeness (QED) is 0.331. The molecule has 3 aromatic heterocycles. The molecule has 3 heterocycles. The van der Waals surface area contributed by atoms with Crippen LogP contribution in [0.5, 0.6) is 0 Å². The molecule has 2 aromatic carbocycles. The van der Waals surface area contributed by atoms with E-state index >= 15 is 0 Å². The van der Waals surface area contributed by atoms with Gasteiger partial charge in [-0.25, -0.2) is 0 Å². The molecule has 0 saturated carbocycles. The van der Waals surface area contributed by atoms with E-state index in [1.807, 2.05) is 30.5 Å². The summed E-state index contributed by atoms with van der Waals surface area (Å²) >= 11 is 3.44. The normalized spacial score (nSPS) is 11.2. The van der Waals surface area contributed by atoms with Gasteiger partial charge in [0.15, 0.2) is 5.16 Å². The summed E-state index contributed by atoms with van der Waals surface area (Å²) in [5.74, 6) is 1.75. The highest BCUT2D eigenvalue weighted by molar-refractivity contribution is 7.98. The van der Waals surface area contributed by atoms with E-state index in [0.717, 1.165) is 39.7 Å². The summed E-state index contributed by atoms with van der Waals surface area (Å²) in [6.45, 7) is 0. The number of thioether (sulfide) groups is 1. The van der Waals surface area contributed by atoms with Crippen LogP contribution in [0.4, 0.5) is 0 Å². The predicted octanol–water partition coefficient (Wildman–Crippen LogP) is 5.76. The van der Waals surface area contributed by atoms with E-state index in [1.54, 1.807) is 23.1 Å². The maximum atomic E-state index is 4.57. The van der Waals surface area contributed by atoms with Crippen molar-refractivity contribution in [3.8, 4) is 5.69 Å². The third-order valence-corrected chi connectivity index (χ3v) is 6.55. The second-order valence-corrected chi connectivity index (χ2v) is 8.58. The zero-order chi connectivity index (χ0) is 19.5. The van der Waals surface area contributed by atoms with E-state index in [2.05, 4.69) is 73.7 Å². The first-order valence-corrected chi connectivity index (χ1v) is 11.2. The molecule has 0 aliphatic heterocycles. The lowest BCUT2D eigenvalue weighted by Crippen LogP contribution is -2.03. The molecule has 0 amide bonds. The Kier molecular flexibility index (Phi) is 5.11. The van der Waals surface area contributed by atoms with Crippen molar-refractivity contribution in [1.29, 1.82) is 0 Å². The Morgan fingerprint density at radius 2 is 1.76 bits per heavy atom. The minimum Gasteiger partial charge on any atom is -0.274 e. The molecule has 0 aliphatic rings. The zero-order valence-corrected chi connectivity index (χ0v) is 17.2. The van der Waals surface area contributed by atoms with Crippen molar-refractivity contribution in [2.24, 2.45) is 0 Å². The summed E-state index contributed by atoms with van der Waals surface area (Å²) < 4.78 is 2.17. The SMILES string of the molecule is c1ccc(-n2c(Cc3cccs3)nnc2SCc2cccc3cccnc23)cc1. The molecule has 0 spiro atoms. The number of nitrogens with zero attached hydrogens (tertiary/aromatic N) is 4. The van der Waals surface area contributed by atoms with Gasteiger partial charge in [-0.1, -0.05) is 60.3 Å². The van der Waals surface area contributed by atoms with Crippen molar-refractivity contribution < 1.29 is 0 Å². The van der Waals surface area contributed by atoms with Crippen molar-refractivity contribution >= 4 is 34.0 Å². The van der Waals surface area contributed by atoms with Crippen LogP contribution in [0.2, 0.25) is 0 Å². The van der Waals surface area contributed by atoms with Gasteiger partial charge in [0.1, 0.15) is 5.82 Å². The van der Waals surface area contributed by atoms with Gasteiger partial charge in [-0.15, -0.1) is 21.5 Å². The van der Waals surface area contributed by atoms with Crippen LogP contribution in [0.25, 0.3) is 16.6 Å². The number of hydrogen-bond acceptors (Lipinski definition) is 5. The van der Waals surface area contributed by atoms with Gasteiger partial charge < -0.3 is 0 Å². The second-order valence-electron chi connectivity index (χ2n) is 6.61. The van der Waals surface area contributed by atoms with E-state index in [1.165, 1.54) is 10.4 Å². The number of benzene rings is 2. The third kappa shape index (κ3) is 3.81. The lowest BCUT2D eigenvalue weighted by atomic mass is 10.1. The first kappa shape index (κ1) is 18.1. The van der Waals surface area contributed by atoms with Gasteiger partial charge in [0, 0.05) is 34.3 Å². The predicted molar refractivity (Wildman–Crippen MR) is 120 cm³/mol. The first-order valence-electron chi connectivity index (χ1n) is 9.36. The fourth-order valence-electron chi connectivity index (χ4n) is 3.34. The van der Waals surface area contributed by atoms with Crippen LogP contribution >= 0.6 is 23.1 Å². The van der Waals surface area contributed by atoms with Crippen molar-refractivity contribution in [3.63, 3.8) is 0 Å². The smallest absolute Gasteiger partial charge is 0.196 e. The topological polar surface area (TPSA) is 43.6 Å². The third-order valence-electron chi connectivity index (χ3n) is 4.70. The van der Waals surface area contributed by atoms with Crippen LogP contribution in [0.15, 0.2) is 89.5 Å². The Balaban J connectivity index is 1.49. The Morgan fingerprint density at radius 3 is 2.62 bits per heavy atom. The van der Waals surface area contributed by atoms with Gasteiger partial charge in [0.25, 0.3) is 0 Å². The molecule has 0 bridgehead atoms. The summed E-state index contributed by atoms with van der Waals surface area (Å²) in [4.78, 5) is 5.86. The summed E-state index contributed by atoms with van der Waals surface area (Å²) in [5, 5.41) is 13.2. The Bertz CT molecular complexity index is 1230. The number of hydrogen-bond donors (Lipinski definition) is 0. The van der Waals surface area contributed by atoms with E-state index in [0.29, 0.717) is 0 Å². The van der Waals surface area contributed by atoms with Crippen LogP contribution in [-0.2, 0) is 12.2 Å². The van der Waals surface area contributed by atoms with Gasteiger partial charge in [-0.3, -0.25) is 9.55 Å². The Hall–Kier alpha value is -2.96. The van der Waals surface area contributed by atoms with Gasteiger partial charge in [0.05, 0.1) is 5.52 Å². The van der Waals surface area contributed by atoms with Crippen LogP contribution in [0.1, 0.15) is 16.3 Å². The van der Waals surface area contributed by atoms with Gasteiger partial charge in [-0.05, 0) is 35.2 Å². The number of fused-ring (bicyclic) bond motifs is 1. The molecule has 0 N–H and O–H groups in total. The zero-order valence-electron chi connectivity index (χ0n) is 15.6. The maximum absolute atomic E-state index is 4.57. The minimum absolute atomic E-state index is 0.774. The molecule has 0 aliphatic carbocycles. The summed E-state index contributed by atoms with van der Waals surface area (Å²) in [7, 11) is 0. The average Bonchev–Trinajstić information content (AvgIpc) is 3.43. The summed E-state index contributed by atoms with van der Waals surface area (Å²) in [6.07, 6.45) is 2.62. The molecule has 6 heteroatoms. The lowest BCUT2D eigenvalue weighted by molar-refractivity contribution is 0.851. The van der Waals surface area contributed by atoms with Crippen molar-refractivity contribution in [3.05, 3.63) is 101 Å². The van der Waals surface area contributed by atoms with Crippen molar-refractivity contribution in [2.75, 3.05) is 0 Å². The Labute approximate surface area is 177 Å². The van der Waals surface area contributed by atoms with Crippen LogP contribution in [-0.4, -0.2) is 19.7 Å². The van der Waals surface area contributed by atoms with Crippen molar-refractivity contribution in [2.45, 2.75) is 17.3 Å². The number of rotatable bonds is 6. The highest BCUT2D eigenvalue weighted by Gasteiger charge is 2.16. The van der Waals surface area contributed by atoms with E-state index in [9.17, 15) is 0 Å². The molecule has 0 radical (unpaired) electrons. The fraction of sp³-hybridized carbons (Fsp3) is 0.0870. The van der Waals surface area contributed by atoms with Gasteiger partial charge in [0.2, 0.25) is 0 Å². The van der Waals surface area contributed by atoms with Crippen molar-refractivity contribution in [1.82, 2.24) is 19.7 Å². The highest BCUT2D eigenvalue weighted by atomic mass is 32.2. The van der Waals surface area contributed by atoms with Crippen LogP contribution < -0.4 is 0 Å². The van der Waals surface area contributed by atoms with Gasteiger partial charge in [-0.2, -0.15) is 0 Å². The second kappa shape index (κ2) is 8.19. The monoisotopic (exact) mass is 414 g/mol. The van der Waals surface area contributed by atoms with E-state index < -0.39 is 0 Å². The molecule has 29 heavy (non-hydrogen) atoms. The number of para-hydroxylation sites is 2. The molecule has 5 aromatic rings. The lowest BCUT2D eigenvalue weighted by Gasteiger charge is -2.10. The highest BCUT2D eigenvalue weighted by Crippen LogP contribution is 2.29. The van der Waals surface area contributed by atoms with E-state index in [-0.39, 0.29) is 0 Å². The number of pyridine rings is 1.